The van der Waals surface area contributed by atoms with Gasteiger partial charge in [0, 0.05) is 12.6 Å². The number of aliphatic hydroxyl groups excluding tert-OH is 1. The predicted molar refractivity (Wildman–Crippen MR) is 55.9 cm³/mol. The lowest BCUT2D eigenvalue weighted by atomic mass is 9.99. The molecule has 0 amide bonds. The van der Waals surface area contributed by atoms with Crippen molar-refractivity contribution in [1.29, 1.82) is 0 Å². The van der Waals surface area contributed by atoms with Crippen LogP contribution in [0.15, 0.2) is 12.1 Å². The Hall–Kier alpha value is -1.33. The first kappa shape index (κ1) is 11.2. The van der Waals surface area contributed by atoms with E-state index < -0.39 is 18.0 Å². The van der Waals surface area contributed by atoms with Crippen LogP contribution in [0, 0.1) is 5.82 Å². The third-order valence-corrected chi connectivity index (χ3v) is 2.78. The molecule has 0 bridgehead atoms. The van der Waals surface area contributed by atoms with Gasteiger partial charge in [-0.15, -0.1) is 0 Å². The molecule has 1 aromatic carbocycles. The number of hydrogen-bond donors (Lipinski definition) is 3. The Bertz CT molecular complexity index is 397. The maximum absolute atomic E-state index is 13.1. The Morgan fingerprint density at radius 2 is 2.31 bits per heavy atom. The second-order valence-electron chi connectivity index (χ2n) is 3.91. The number of ether oxygens (including phenoxy) is 1. The van der Waals surface area contributed by atoms with Crippen molar-refractivity contribution >= 4 is 0 Å². The van der Waals surface area contributed by atoms with Gasteiger partial charge in [0.15, 0.2) is 11.6 Å². The van der Waals surface area contributed by atoms with E-state index >= 15 is 0 Å². The van der Waals surface area contributed by atoms with Crippen LogP contribution < -0.4 is 10.5 Å². The van der Waals surface area contributed by atoms with E-state index in [9.17, 15) is 14.6 Å². The van der Waals surface area contributed by atoms with Gasteiger partial charge >= 0.3 is 0 Å². The normalized spacial score (nSPS) is 21.1. The maximum atomic E-state index is 13.1. The Kier molecular flexibility index (Phi) is 2.98. The zero-order valence-electron chi connectivity index (χ0n) is 8.69. The summed E-state index contributed by atoms with van der Waals surface area (Å²) in [6.45, 7) is 0.112. The third kappa shape index (κ3) is 1.96. The van der Waals surface area contributed by atoms with Crippen LogP contribution in [-0.2, 0) is 6.42 Å². The molecule has 4 nitrogen and oxygen atoms in total. The zero-order valence-corrected chi connectivity index (χ0v) is 8.69. The number of phenolic OH excluding ortho intramolecular Hbond substituents is 1. The van der Waals surface area contributed by atoms with E-state index in [-0.39, 0.29) is 12.3 Å². The third-order valence-electron chi connectivity index (χ3n) is 2.78. The SMILES string of the molecule is NC[C@H](O)[C@H]1CCc2cc(O)c(F)cc2O1. The number of hydrogen-bond acceptors (Lipinski definition) is 4. The number of phenols is 1. The van der Waals surface area contributed by atoms with Gasteiger partial charge < -0.3 is 20.7 Å². The number of aryl methyl sites for hydroxylation is 1. The number of rotatable bonds is 2. The first-order valence-electron chi connectivity index (χ1n) is 5.18. The fourth-order valence-electron chi connectivity index (χ4n) is 1.83. The van der Waals surface area contributed by atoms with Crippen LogP contribution in [0.2, 0.25) is 0 Å². The second kappa shape index (κ2) is 4.27. The van der Waals surface area contributed by atoms with E-state index in [1.807, 2.05) is 0 Å². The minimum atomic E-state index is -0.745. The minimum absolute atomic E-state index is 0.112. The van der Waals surface area contributed by atoms with E-state index in [1.54, 1.807) is 0 Å². The van der Waals surface area contributed by atoms with E-state index in [0.29, 0.717) is 18.6 Å². The summed E-state index contributed by atoms with van der Waals surface area (Å²) in [5, 5.41) is 18.7. The molecule has 0 unspecified atom stereocenters. The van der Waals surface area contributed by atoms with Crippen LogP contribution in [0.5, 0.6) is 11.5 Å². The summed E-state index contributed by atoms with van der Waals surface area (Å²) in [6, 6.07) is 2.50. The highest BCUT2D eigenvalue weighted by Crippen LogP contribution is 2.33. The number of halogens is 1. The van der Waals surface area contributed by atoms with Gasteiger partial charge in [0.1, 0.15) is 18.0 Å². The first-order valence-corrected chi connectivity index (χ1v) is 5.18. The van der Waals surface area contributed by atoms with Crippen molar-refractivity contribution in [2.75, 3.05) is 6.54 Å². The maximum Gasteiger partial charge on any atom is 0.168 e. The average Bonchev–Trinajstić information content (AvgIpc) is 2.29. The molecule has 4 N–H and O–H groups in total. The quantitative estimate of drug-likeness (QED) is 0.689. The molecule has 0 spiro atoms. The molecule has 1 heterocycles. The molecule has 5 heteroatoms. The molecule has 1 aliphatic rings. The Morgan fingerprint density at radius 3 is 3.00 bits per heavy atom. The molecule has 0 aliphatic carbocycles. The zero-order chi connectivity index (χ0) is 11.7. The lowest BCUT2D eigenvalue weighted by molar-refractivity contribution is 0.0293. The molecular weight excluding hydrogens is 213 g/mol. The summed E-state index contributed by atoms with van der Waals surface area (Å²) >= 11 is 0. The molecule has 0 saturated carbocycles. The minimum Gasteiger partial charge on any atom is -0.505 e. The van der Waals surface area contributed by atoms with Gasteiger partial charge in [0.2, 0.25) is 0 Å². The van der Waals surface area contributed by atoms with E-state index in [1.165, 1.54) is 6.07 Å². The molecule has 0 aromatic heterocycles. The Labute approximate surface area is 92.5 Å². The molecule has 0 fully saturated rings. The highest BCUT2D eigenvalue weighted by atomic mass is 19.1. The summed E-state index contributed by atoms with van der Waals surface area (Å²) in [5.74, 6) is -0.721. The molecule has 1 aliphatic heterocycles. The van der Waals surface area contributed by atoms with Crippen LogP contribution in [0.4, 0.5) is 4.39 Å². The van der Waals surface area contributed by atoms with E-state index in [4.69, 9.17) is 10.5 Å². The van der Waals surface area contributed by atoms with Crippen LogP contribution in [0.1, 0.15) is 12.0 Å². The van der Waals surface area contributed by atoms with Crippen molar-refractivity contribution in [2.45, 2.75) is 25.0 Å². The average molecular weight is 227 g/mol. The van der Waals surface area contributed by atoms with Crippen LogP contribution >= 0.6 is 0 Å². The molecule has 2 rings (SSSR count). The molecule has 88 valence electrons. The number of aliphatic hydroxyl groups is 1. The van der Waals surface area contributed by atoms with Gasteiger partial charge in [-0.1, -0.05) is 0 Å². The van der Waals surface area contributed by atoms with Gasteiger partial charge in [0.05, 0.1) is 0 Å². The van der Waals surface area contributed by atoms with Crippen LogP contribution in [0.3, 0.4) is 0 Å². The van der Waals surface area contributed by atoms with Crippen molar-refractivity contribution in [1.82, 2.24) is 0 Å². The van der Waals surface area contributed by atoms with Crippen molar-refractivity contribution in [3.8, 4) is 11.5 Å². The fourth-order valence-corrected chi connectivity index (χ4v) is 1.83. The topological polar surface area (TPSA) is 75.7 Å². The summed E-state index contributed by atoms with van der Waals surface area (Å²) < 4.78 is 18.5. The van der Waals surface area contributed by atoms with Gasteiger partial charge in [-0.3, -0.25) is 0 Å². The lowest BCUT2D eigenvalue weighted by Gasteiger charge is -2.29. The Balaban J connectivity index is 2.23. The highest BCUT2D eigenvalue weighted by Gasteiger charge is 2.26. The fraction of sp³-hybridized carbons (Fsp3) is 0.455. The molecule has 1 aromatic rings. The van der Waals surface area contributed by atoms with Crippen molar-refractivity contribution in [3.05, 3.63) is 23.5 Å². The monoisotopic (exact) mass is 227 g/mol. The summed E-state index contributed by atoms with van der Waals surface area (Å²) in [5.41, 5.74) is 6.08. The van der Waals surface area contributed by atoms with Gasteiger partial charge in [-0.05, 0) is 24.5 Å². The van der Waals surface area contributed by atoms with Gasteiger partial charge in [0.25, 0.3) is 0 Å². The van der Waals surface area contributed by atoms with Crippen LogP contribution in [-0.4, -0.2) is 29.0 Å². The highest BCUT2D eigenvalue weighted by molar-refractivity contribution is 5.42. The first-order chi connectivity index (χ1) is 7.61. The predicted octanol–water partition coefficient (Wildman–Crippen LogP) is 0.544. The molecular formula is C11H14FNO3. The lowest BCUT2D eigenvalue weighted by Crippen LogP contribution is -2.39. The van der Waals surface area contributed by atoms with Crippen LogP contribution in [0.25, 0.3) is 0 Å². The van der Waals surface area contributed by atoms with Gasteiger partial charge in [-0.25, -0.2) is 4.39 Å². The molecule has 0 radical (unpaired) electrons. The van der Waals surface area contributed by atoms with E-state index in [2.05, 4.69) is 0 Å². The smallest absolute Gasteiger partial charge is 0.168 e. The Morgan fingerprint density at radius 1 is 1.56 bits per heavy atom. The van der Waals surface area contributed by atoms with E-state index in [0.717, 1.165) is 11.6 Å². The standard InChI is InChI=1S/C11H14FNO3/c12-7-4-11-6(3-8(7)14)1-2-10(16-11)9(15)5-13/h3-4,9-10,14-15H,1-2,5,13H2/t9-,10+/m0/s1. The molecule has 16 heavy (non-hydrogen) atoms. The second-order valence-corrected chi connectivity index (χ2v) is 3.91. The number of fused-ring (bicyclic) bond motifs is 1. The summed E-state index contributed by atoms with van der Waals surface area (Å²) in [7, 11) is 0. The number of benzene rings is 1. The van der Waals surface area contributed by atoms with Gasteiger partial charge in [-0.2, -0.15) is 0 Å². The largest absolute Gasteiger partial charge is 0.505 e. The van der Waals surface area contributed by atoms with Crippen molar-refractivity contribution in [3.63, 3.8) is 0 Å². The van der Waals surface area contributed by atoms with Crippen molar-refractivity contribution in [2.24, 2.45) is 5.73 Å². The summed E-state index contributed by atoms with van der Waals surface area (Å²) in [4.78, 5) is 0. The van der Waals surface area contributed by atoms with Crippen molar-refractivity contribution < 1.29 is 19.3 Å². The number of aromatic hydroxyl groups is 1. The number of nitrogens with two attached hydrogens (primary N) is 1. The molecule has 0 saturated heterocycles. The molecule has 2 atom stereocenters. The summed E-state index contributed by atoms with van der Waals surface area (Å²) in [6.07, 6.45) is 0.0906.